The Morgan fingerprint density at radius 2 is 2.15 bits per heavy atom. The Labute approximate surface area is 76.2 Å². The quantitative estimate of drug-likeness (QED) is 0.581. The average molecular weight is 184 g/mol. The number of carbonyl (C=O) groups excluding carboxylic acids is 2. The standard InChI is InChI=1S/C9H12O4/c1-2-6-5-7(10)3-4-9(6)12-8(11)13-9/h6H,2-5H2,1H3. The third-order valence-electron chi connectivity index (χ3n) is 2.85. The minimum absolute atomic E-state index is 0.0476. The summed E-state index contributed by atoms with van der Waals surface area (Å²) in [5.74, 6) is -0.463. The largest absolute Gasteiger partial charge is 0.514 e. The zero-order valence-corrected chi connectivity index (χ0v) is 7.54. The SMILES string of the molecule is CCC1CC(=O)CCC12OC(=O)O2. The van der Waals surface area contributed by atoms with Crippen molar-refractivity contribution in [3.05, 3.63) is 0 Å². The third kappa shape index (κ3) is 1.20. The van der Waals surface area contributed by atoms with E-state index in [1.807, 2.05) is 6.92 Å². The van der Waals surface area contributed by atoms with E-state index < -0.39 is 11.9 Å². The highest BCUT2D eigenvalue weighted by Gasteiger charge is 2.56. The molecule has 1 spiro atoms. The van der Waals surface area contributed by atoms with Gasteiger partial charge in [-0.2, -0.15) is 0 Å². The summed E-state index contributed by atoms with van der Waals surface area (Å²) in [6, 6.07) is 0. The molecule has 13 heavy (non-hydrogen) atoms. The first-order chi connectivity index (χ1) is 6.16. The number of hydrogen-bond acceptors (Lipinski definition) is 4. The van der Waals surface area contributed by atoms with Crippen LogP contribution in [0.25, 0.3) is 0 Å². The molecular formula is C9H12O4. The van der Waals surface area contributed by atoms with Gasteiger partial charge in [-0.1, -0.05) is 6.92 Å². The van der Waals surface area contributed by atoms with E-state index in [0.717, 1.165) is 6.42 Å². The molecule has 0 N–H and O–H groups in total. The van der Waals surface area contributed by atoms with Crippen molar-refractivity contribution in [2.24, 2.45) is 5.92 Å². The van der Waals surface area contributed by atoms with Crippen molar-refractivity contribution in [3.63, 3.8) is 0 Å². The Kier molecular flexibility index (Phi) is 1.78. The summed E-state index contributed by atoms with van der Waals surface area (Å²) in [5, 5.41) is 0. The van der Waals surface area contributed by atoms with Gasteiger partial charge in [0.15, 0.2) is 0 Å². The van der Waals surface area contributed by atoms with Gasteiger partial charge in [0, 0.05) is 25.2 Å². The Morgan fingerprint density at radius 3 is 2.69 bits per heavy atom. The van der Waals surface area contributed by atoms with Gasteiger partial charge in [0.25, 0.3) is 5.79 Å². The van der Waals surface area contributed by atoms with Crippen molar-refractivity contribution in [2.45, 2.75) is 38.4 Å². The van der Waals surface area contributed by atoms with Crippen molar-refractivity contribution < 1.29 is 19.1 Å². The van der Waals surface area contributed by atoms with E-state index in [0.29, 0.717) is 19.3 Å². The molecule has 1 saturated heterocycles. The Balaban J connectivity index is 2.10. The number of Topliss-reactive ketones (excluding diaryl/α,β-unsaturated/α-hetero) is 1. The molecule has 4 nitrogen and oxygen atoms in total. The molecule has 0 bridgehead atoms. The van der Waals surface area contributed by atoms with Crippen LogP contribution in [0.1, 0.15) is 32.6 Å². The van der Waals surface area contributed by atoms with Gasteiger partial charge in [-0.15, -0.1) is 0 Å². The molecule has 0 radical (unpaired) electrons. The molecule has 0 aromatic heterocycles. The fraction of sp³-hybridized carbons (Fsp3) is 0.778. The van der Waals surface area contributed by atoms with Gasteiger partial charge < -0.3 is 9.47 Å². The number of rotatable bonds is 1. The first kappa shape index (κ1) is 8.53. The number of ether oxygens (including phenoxy) is 2. The highest BCUT2D eigenvalue weighted by atomic mass is 16.9. The van der Waals surface area contributed by atoms with Crippen LogP contribution in [0.15, 0.2) is 0 Å². The lowest BCUT2D eigenvalue weighted by atomic mass is 9.80. The molecule has 2 aliphatic rings. The first-order valence-electron chi connectivity index (χ1n) is 4.60. The molecule has 0 aromatic rings. The molecule has 1 heterocycles. The van der Waals surface area contributed by atoms with Crippen molar-refractivity contribution >= 4 is 11.9 Å². The van der Waals surface area contributed by atoms with Gasteiger partial charge in [-0.05, 0) is 6.42 Å². The summed E-state index contributed by atoms with van der Waals surface area (Å²) < 4.78 is 10.0. The maximum Gasteiger partial charge on any atom is 0.514 e. The molecule has 1 atom stereocenters. The van der Waals surface area contributed by atoms with Crippen LogP contribution in [0.4, 0.5) is 4.79 Å². The van der Waals surface area contributed by atoms with Gasteiger partial charge in [0.1, 0.15) is 5.78 Å². The van der Waals surface area contributed by atoms with E-state index in [2.05, 4.69) is 0 Å². The molecule has 1 aliphatic heterocycles. The molecule has 4 heteroatoms. The molecule has 2 fully saturated rings. The Bertz CT molecular complexity index is 250. The molecule has 2 rings (SSSR count). The van der Waals surface area contributed by atoms with Crippen LogP contribution in [0.2, 0.25) is 0 Å². The van der Waals surface area contributed by atoms with E-state index in [9.17, 15) is 9.59 Å². The minimum atomic E-state index is -0.750. The second-order valence-corrected chi connectivity index (χ2v) is 3.61. The van der Waals surface area contributed by atoms with E-state index >= 15 is 0 Å². The number of hydrogen-bond donors (Lipinski definition) is 0. The van der Waals surface area contributed by atoms with Gasteiger partial charge in [0.05, 0.1) is 0 Å². The zero-order chi connectivity index (χ0) is 9.47. The molecule has 1 unspecified atom stereocenters. The lowest BCUT2D eigenvalue weighted by Crippen LogP contribution is -2.57. The maximum atomic E-state index is 11.1. The van der Waals surface area contributed by atoms with Gasteiger partial charge in [-0.25, -0.2) is 4.79 Å². The van der Waals surface area contributed by atoms with E-state index in [1.165, 1.54) is 0 Å². The minimum Gasteiger partial charge on any atom is -0.390 e. The summed E-state index contributed by atoms with van der Waals surface area (Å²) in [6.45, 7) is 1.97. The van der Waals surface area contributed by atoms with Crippen LogP contribution in [0.5, 0.6) is 0 Å². The predicted molar refractivity (Wildman–Crippen MR) is 42.9 cm³/mol. The van der Waals surface area contributed by atoms with Crippen LogP contribution in [0, 0.1) is 5.92 Å². The fourth-order valence-corrected chi connectivity index (χ4v) is 2.06. The highest BCUT2D eigenvalue weighted by Crippen LogP contribution is 2.43. The third-order valence-corrected chi connectivity index (χ3v) is 2.85. The molecular weight excluding hydrogens is 172 g/mol. The second kappa shape index (κ2) is 2.72. The summed E-state index contributed by atoms with van der Waals surface area (Å²) in [6.07, 6.45) is 1.66. The van der Waals surface area contributed by atoms with Gasteiger partial charge in [0.2, 0.25) is 0 Å². The molecule has 1 aliphatic carbocycles. The Hall–Kier alpha value is -1.06. The zero-order valence-electron chi connectivity index (χ0n) is 7.54. The van der Waals surface area contributed by atoms with Crippen molar-refractivity contribution in [1.82, 2.24) is 0 Å². The topological polar surface area (TPSA) is 52.6 Å². The number of carbonyl (C=O) groups is 2. The van der Waals surface area contributed by atoms with E-state index in [4.69, 9.17) is 9.47 Å². The Morgan fingerprint density at radius 1 is 1.46 bits per heavy atom. The van der Waals surface area contributed by atoms with Crippen LogP contribution >= 0.6 is 0 Å². The summed E-state index contributed by atoms with van der Waals surface area (Å²) in [7, 11) is 0. The summed E-state index contributed by atoms with van der Waals surface area (Å²) in [5.41, 5.74) is 0. The first-order valence-corrected chi connectivity index (χ1v) is 4.60. The normalized spacial score (nSPS) is 30.7. The lowest BCUT2D eigenvalue weighted by molar-refractivity contribution is -0.306. The highest BCUT2D eigenvalue weighted by molar-refractivity contribution is 5.80. The molecule has 0 aromatic carbocycles. The van der Waals surface area contributed by atoms with Crippen LogP contribution in [-0.4, -0.2) is 17.7 Å². The molecule has 1 saturated carbocycles. The maximum absolute atomic E-state index is 11.1. The summed E-state index contributed by atoms with van der Waals surface area (Å²) in [4.78, 5) is 21.7. The second-order valence-electron chi connectivity index (χ2n) is 3.61. The number of ketones is 1. The average Bonchev–Trinajstić information content (AvgIpc) is 2.06. The van der Waals surface area contributed by atoms with E-state index in [-0.39, 0.29) is 11.7 Å². The van der Waals surface area contributed by atoms with Crippen LogP contribution < -0.4 is 0 Å². The van der Waals surface area contributed by atoms with Crippen molar-refractivity contribution in [1.29, 1.82) is 0 Å². The molecule has 72 valence electrons. The van der Waals surface area contributed by atoms with Crippen molar-refractivity contribution in [3.8, 4) is 0 Å². The molecule has 0 amide bonds. The monoisotopic (exact) mass is 184 g/mol. The van der Waals surface area contributed by atoms with Crippen LogP contribution in [0.3, 0.4) is 0 Å². The van der Waals surface area contributed by atoms with E-state index in [1.54, 1.807) is 0 Å². The fourth-order valence-electron chi connectivity index (χ4n) is 2.06. The smallest absolute Gasteiger partial charge is 0.390 e. The van der Waals surface area contributed by atoms with Crippen LogP contribution in [-0.2, 0) is 14.3 Å². The lowest BCUT2D eigenvalue weighted by Gasteiger charge is -2.46. The summed E-state index contributed by atoms with van der Waals surface area (Å²) >= 11 is 0. The van der Waals surface area contributed by atoms with Crippen molar-refractivity contribution in [2.75, 3.05) is 0 Å². The predicted octanol–water partition coefficient (Wildman–Crippen LogP) is 1.63. The van der Waals surface area contributed by atoms with Gasteiger partial charge >= 0.3 is 6.16 Å². The van der Waals surface area contributed by atoms with Gasteiger partial charge in [-0.3, -0.25) is 4.79 Å².